The molecule has 1 unspecified atom stereocenters. The Morgan fingerprint density at radius 1 is 0.971 bits per heavy atom. The Hall–Kier alpha value is -3.56. The van der Waals surface area contributed by atoms with Gasteiger partial charge in [-0.3, -0.25) is 9.59 Å². The van der Waals surface area contributed by atoms with Gasteiger partial charge in [0.15, 0.2) is 4.34 Å². The highest BCUT2D eigenvalue weighted by Gasteiger charge is 2.17. The summed E-state index contributed by atoms with van der Waals surface area (Å²) in [6, 6.07) is 19.8. The Morgan fingerprint density at radius 2 is 1.66 bits per heavy atom. The summed E-state index contributed by atoms with van der Waals surface area (Å²) in [5, 5.41) is 5.50. The minimum absolute atomic E-state index is 0.106. The zero-order valence-corrected chi connectivity index (χ0v) is 21.2. The topological polar surface area (TPSA) is 89.5 Å². The van der Waals surface area contributed by atoms with Gasteiger partial charge in [-0.15, -0.1) is 11.3 Å². The molecule has 0 fully saturated rings. The summed E-state index contributed by atoms with van der Waals surface area (Å²) >= 11 is 2.89. The zero-order chi connectivity index (χ0) is 24.8. The number of thioether (sulfide) groups is 1. The lowest BCUT2D eigenvalue weighted by Gasteiger charge is -2.11. The number of anilines is 2. The van der Waals surface area contributed by atoms with E-state index in [4.69, 9.17) is 9.47 Å². The molecule has 180 valence electrons. The van der Waals surface area contributed by atoms with E-state index in [1.165, 1.54) is 23.1 Å². The fourth-order valence-corrected chi connectivity index (χ4v) is 5.48. The van der Waals surface area contributed by atoms with Crippen LogP contribution in [-0.2, 0) is 4.79 Å². The van der Waals surface area contributed by atoms with E-state index in [1.807, 2.05) is 56.3 Å². The molecule has 4 aromatic rings. The largest absolute Gasteiger partial charge is 0.497 e. The lowest BCUT2D eigenvalue weighted by atomic mass is 10.2. The van der Waals surface area contributed by atoms with E-state index in [9.17, 15) is 9.59 Å². The highest BCUT2D eigenvalue weighted by molar-refractivity contribution is 8.02. The van der Waals surface area contributed by atoms with Gasteiger partial charge in [0.2, 0.25) is 5.91 Å². The molecule has 0 bridgehead atoms. The quantitative estimate of drug-likeness (QED) is 0.267. The van der Waals surface area contributed by atoms with Gasteiger partial charge in [-0.25, -0.2) is 4.98 Å². The summed E-state index contributed by atoms with van der Waals surface area (Å²) in [6.07, 6.45) is 0. The van der Waals surface area contributed by atoms with Crippen LogP contribution in [0.15, 0.2) is 71.1 Å². The van der Waals surface area contributed by atoms with Crippen molar-refractivity contribution in [3.05, 3.63) is 72.3 Å². The summed E-state index contributed by atoms with van der Waals surface area (Å²) < 4.78 is 12.3. The molecular formula is C26H25N3O4S2. The van der Waals surface area contributed by atoms with E-state index in [0.717, 1.165) is 20.3 Å². The van der Waals surface area contributed by atoms with Crippen molar-refractivity contribution >= 4 is 56.5 Å². The molecule has 3 aromatic carbocycles. The minimum atomic E-state index is -0.337. The molecule has 2 N–H and O–H groups in total. The summed E-state index contributed by atoms with van der Waals surface area (Å²) in [7, 11) is 1.58. The third-order valence-electron chi connectivity index (χ3n) is 5.06. The highest BCUT2D eigenvalue weighted by Crippen LogP contribution is 2.34. The van der Waals surface area contributed by atoms with Gasteiger partial charge < -0.3 is 20.1 Å². The second kappa shape index (κ2) is 11.2. The second-order valence-corrected chi connectivity index (χ2v) is 10.2. The van der Waals surface area contributed by atoms with Gasteiger partial charge in [0.1, 0.15) is 11.5 Å². The van der Waals surface area contributed by atoms with Crippen LogP contribution in [0.25, 0.3) is 10.2 Å². The van der Waals surface area contributed by atoms with Crippen molar-refractivity contribution in [3.8, 4) is 11.5 Å². The maximum atomic E-state index is 12.7. The third-order valence-corrected chi connectivity index (χ3v) is 7.27. The number of methoxy groups -OCH3 is 1. The number of carbonyl (C=O) groups is 2. The number of rotatable bonds is 9. The van der Waals surface area contributed by atoms with Gasteiger partial charge >= 0.3 is 0 Å². The Balaban J connectivity index is 1.38. The lowest BCUT2D eigenvalue weighted by Crippen LogP contribution is -2.22. The van der Waals surface area contributed by atoms with Crippen LogP contribution in [0.5, 0.6) is 11.5 Å². The summed E-state index contributed by atoms with van der Waals surface area (Å²) in [4.78, 5) is 29.8. The molecule has 0 spiro atoms. The van der Waals surface area contributed by atoms with Crippen LogP contribution in [0.2, 0.25) is 0 Å². The molecule has 1 atom stereocenters. The van der Waals surface area contributed by atoms with E-state index >= 15 is 0 Å². The SMILES string of the molecule is CCOc1ccc(NC(=O)C(C)Sc2nc3ccc(NC(=O)c4ccc(OC)cc4)cc3s2)cc1. The maximum absolute atomic E-state index is 12.7. The fraction of sp³-hybridized carbons (Fsp3) is 0.192. The summed E-state index contributed by atoms with van der Waals surface area (Å²) in [5.74, 6) is 1.15. The van der Waals surface area contributed by atoms with Crippen molar-refractivity contribution in [3.63, 3.8) is 0 Å². The molecule has 0 aliphatic carbocycles. The number of nitrogens with zero attached hydrogens (tertiary/aromatic N) is 1. The minimum Gasteiger partial charge on any atom is -0.497 e. The van der Waals surface area contributed by atoms with E-state index in [-0.39, 0.29) is 17.1 Å². The molecule has 2 amide bonds. The average molecular weight is 508 g/mol. The van der Waals surface area contributed by atoms with Crippen LogP contribution in [0.1, 0.15) is 24.2 Å². The van der Waals surface area contributed by atoms with Gasteiger partial charge in [0.05, 0.1) is 29.2 Å². The Kier molecular flexibility index (Phi) is 7.89. The molecule has 4 rings (SSSR count). The van der Waals surface area contributed by atoms with Crippen molar-refractivity contribution in [1.82, 2.24) is 4.98 Å². The molecule has 35 heavy (non-hydrogen) atoms. The number of hydrogen-bond acceptors (Lipinski definition) is 7. The standard InChI is InChI=1S/C26H25N3O4S2/c1-4-33-21-12-7-18(8-13-21)27-24(30)16(2)34-26-29-22-14-9-19(15-23(22)35-26)28-25(31)17-5-10-20(32-3)11-6-17/h5-16H,4H2,1-3H3,(H,27,30)(H,28,31). The first kappa shape index (κ1) is 24.6. The number of amides is 2. The number of carbonyl (C=O) groups excluding carboxylic acids is 2. The maximum Gasteiger partial charge on any atom is 0.255 e. The first-order chi connectivity index (χ1) is 16.9. The molecule has 0 saturated heterocycles. The van der Waals surface area contributed by atoms with E-state index in [0.29, 0.717) is 29.3 Å². The third kappa shape index (κ3) is 6.32. The van der Waals surface area contributed by atoms with Gasteiger partial charge in [-0.05, 0) is 80.6 Å². The van der Waals surface area contributed by atoms with Crippen LogP contribution >= 0.6 is 23.1 Å². The van der Waals surface area contributed by atoms with Crippen LogP contribution < -0.4 is 20.1 Å². The van der Waals surface area contributed by atoms with Crippen molar-refractivity contribution in [2.45, 2.75) is 23.4 Å². The molecule has 1 heterocycles. The molecule has 0 aliphatic heterocycles. The van der Waals surface area contributed by atoms with Gasteiger partial charge in [0.25, 0.3) is 5.91 Å². The number of nitrogens with one attached hydrogen (secondary N) is 2. The van der Waals surface area contributed by atoms with Crippen molar-refractivity contribution in [1.29, 1.82) is 0 Å². The number of hydrogen-bond donors (Lipinski definition) is 2. The van der Waals surface area contributed by atoms with Crippen LogP contribution in [0.4, 0.5) is 11.4 Å². The normalized spacial score (nSPS) is 11.6. The van der Waals surface area contributed by atoms with E-state index in [2.05, 4.69) is 15.6 Å². The fourth-order valence-electron chi connectivity index (χ4n) is 3.23. The van der Waals surface area contributed by atoms with Crippen LogP contribution in [0, 0.1) is 0 Å². The molecule has 1 aromatic heterocycles. The first-order valence-electron chi connectivity index (χ1n) is 11.0. The number of fused-ring (bicyclic) bond motifs is 1. The predicted molar refractivity (Wildman–Crippen MR) is 142 cm³/mol. The lowest BCUT2D eigenvalue weighted by molar-refractivity contribution is -0.115. The number of thiazole rings is 1. The van der Waals surface area contributed by atoms with Crippen molar-refractivity contribution in [2.24, 2.45) is 0 Å². The van der Waals surface area contributed by atoms with Gasteiger partial charge in [0, 0.05) is 16.9 Å². The van der Waals surface area contributed by atoms with Crippen LogP contribution in [-0.4, -0.2) is 35.8 Å². The number of benzene rings is 3. The molecule has 0 aliphatic rings. The highest BCUT2D eigenvalue weighted by atomic mass is 32.2. The van der Waals surface area contributed by atoms with Crippen molar-refractivity contribution in [2.75, 3.05) is 24.4 Å². The molecule has 0 radical (unpaired) electrons. The molecule has 9 heteroatoms. The second-order valence-electron chi connectivity index (χ2n) is 7.55. The van der Waals surface area contributed by atoms with Crippen LogP contribution in [0.3, 0.4) is 0 Å². The molecule has 0 saturated carbocycles. The molecular weight excluding hydrogens is 482 g/mol. The van der Waals surface area contributed by atoms with Gasteiger partial charge in [-0.2, -0.15) is 0 Å². The zero-order valence-electron chi connectivity index (χ0n) is 19.5. The molecule has 7 nitrogen and oxygen atoms in total. The Morgan fingerprint density at radius 3 is 2.34 bits per heavy atom. The average Bonchev–Trinajstić information content (AvgIpc) is 3.26. The predicted octanol–water partition coefficient (Wildman–Crippen LogP) is 6.08. The van der Waals surface area contributed by atoms with E-state index < -0.39 is 0 Å². The van der Waals surface area contributed by atoms with E-state index in [1.54, 1.807) is 31.4 Å². The number of ether oxygens (including phenoxy) is 2. The monoisotopic (exact) mass is 507 g/mol. The Labute approximate surface area is 211 Å². The summed E-state index contributed by atoms with van der Waals surface area (Å²) in [6.45, 7) is 4.37. The number of aromatic nitrogens is 1. The Bertz CT molecular complexity index is 1320. The first-order valence-corrected chi connectivity index (χ1v) is 12.7. The summed E-state index contributed by atoms with van der Waals surface area (Å²) in [5.41, 5.74) is 2.75. The van der Waals surface area contributed by atoms with Crippen molar-refractivity contribution < 1.29 is 19.1 Å². The smallest absolute Gasteiger partial charge is 0.255 e. The van der Waals surface area contributed by atoms with Gasteiger partial charge in [-0.1, -0.05) is 11.8 Å².